The van der Waals surface area contributed by atoms with E-state index in [-0.39, 0.29) is 35.9 Å². The fourth-order valence-electron chi connectivity index (χ4n) is 1.79. The van der Waals surface area contributed by atoms with Crippen LogP contribution in [-0.2, 0) is 25.0 Å². The highest BCUT2D eigenvalue weighted by atomic mass is 32.2. The number of hydrogen-bond acceptors (Lipinski definition) is 4. The average molecular weight is 328 g/mol. The maximum atomic E-state index is 12.1. The van der Waals surface area contributed by atoms with Gasteiger partial charge in [-0.25, -0.2) is 13.1 Å². The standard InChI is InChI=1S/C15H24N2O4S/c1-15(2,3)12-5-7-13(8-6-12)22(19,20)17-10-9-16-14(18)11-21-4/h5-8,17H,9-11H2,1-4H3,(H,16,18). The van der Waals surface area contributed by atoms with E-state index >= 15 is 0 Å². The van der Waals surface area contributed by atoms with Crippen molar-refractivity contribution in [2.75, 3.05) is 26.8 Å². The molecule has 0 radical (unpaired) electrons. The van der Waals surface area contributed by atoms with Crippen molar-refractivity contribution in [3.8, 4) is 0 Å². The summed E-state index contributed by atoms with van der Waals surface area (Å²) in [6.45, 7) is 6.49. The van der Waals surface area contributed by atoms with E-state index in [9.17, 15) is 13.2 Å². The molecular weight excluding hydrogens is 304 g/mol. The molecule has 0 spiro atoms. The molecule has 0 bridgehead atoms. The number of hydrogen-bond donors (Lipinski definition) is 2. The van der Waals surface area contributed by atoms with Crippen LogP contribution in [0, 0.1) is 0 Å². The molecule has 1 rings (SSSR count). The van der Waals surface area contributed by atoms with E-state index in [0.29, 0.717) is 0 Å². The van der Waals surface area contributed by atoms with Crippen molar-refractivity contribution >= 4 is 15.9 Å². The Bertz CT molecular complexity index is 589. The smallest absolute Gasteiger partial charge is 0.246 e. The van der Waals surface area contributed by atoms with Crippen LogP contribution in [0.25, 0.3) is 0 Å². The molecule has 0 aliphatic heterocycles. The number of carbonyl (C=O) groups excluding carboxylic acids is 1. The largest absolute Gasteiger partial charge is 0.375 e. The van der Waals surface area contributed by atoms with Crippen molar-refractivity contribution in [1.29, 1.82) is 0 Å². The van der Waals surface area contributed by atoms with Crippen molar-refractivity contribution in [3.05, 3.63) is 29.8 Å². The van der Waals surface area contributed by atoms with Crippen molar-refractivity contribution in [2.45, 2.75) is 31.1 Å². The summed E-state index contributed by atoms with van der Waals surface area (Å²) in [5, 5.41) is 2.55. The summed E-state index contributed by atoms with van der Waals surface area (Å²) in [6.07, 6.45) is 0. The molecule has 0 saturated carbocycles. The molecule has 0 heterocycles. The highest BCUT2D eigenvalue weighted by Gasteiger charge is 2.17. The third kappa shape index (κ3) is 5.75. The van der Waals surface area contributed by atoms with Crippen LogP contribution in [0.3, 0.4) is 0 Å². The lowest BCUT2D eigenvalue weighted by Crippen LogP contribution is -2.36. The number of amides is 1. The first-order valence-electron chi connectivity index (χ1n) is 7.02. The van der Waals surface area contributed by atoms with Gasteiger partial charge in [0.25, 0.3) is 0 Å². The van der Waals surface area contributed by atoms with E-state index < -0.39 is 10.0 Å². The summed E-state index contributed by atoms with van der Waals surface area (Å²) < 4.78 is 31.3. The maximum absolute atomic E-state index is 12.1. The number of carbonyl (C=O) groups is 1. The fraction of sp³-hybridized carbons (Fsp3) is 0.533. The molecule has 0 fully saturated rings. The highest BCUT2D eigenvalue weighted by molar-refractivity contribution is 7.89. The van der Waals surface area contributed by atoms with E-state index in [1.54, 1.807) is 12.1 Å². The number of nitrogens with one attached hydrogen (secondary N) is 2. The molecule has 1 amide bonds. The molecule has 0 unspecified atom stereocenters. The van der Waals surface area contributed by atoms with Crippen molar-refractivity contribution in [1.82, 2.24) is 10.0 Å². The molecule has 6 nitrogen and oxygen atoms in total. The lowest BCUT2D eigenvalue weighted by molar-refractivity contribution is -0.124. The van der Waals surface area contributed by atoms with Crippen LogP contribution in [0.5, 0.6) is 0 Å². The molecule has 7 heteroatoms. The predicted octanol–water partition coefficient (Wildman–Crippen LogP) is 1.03. The second kappa shape index (κ2) is 7.71. The fourth-order valence-corrected chi connectivity index (χ4v) is 2.82. The van der Waals surface area contributed by atoms with Gasteiger partial charge in [0.2, 0.25) is 15.9 Å². The van der Waals surface area contributed by atoms with Gasteiger partial charge in [-0.15, -0.1) is 0 Å². The Morgan fingerprint density at radius 3 is 2.23 bits per heavy atom. The zero-order chi connectivity index (χ0) is 16.8. The number of rotatable bonds is 7. The molecule has 124 valence electrons. The summed E-state index contributed by atoms with van der Waals surface area (Å²) in [4.78, 5) is 11.4. The Morgan fingerprint density at radius 1 is 1.14 bits per heavy atom. The molecular formula is C15H24N2O4S. The lowest BCUT2D eigenvalue weighted by Gasteiger charge is -2.19. The third-order valence-corrected chi connectivity index (χ3v) is 4.52. The molecule has 0 atom stereocenters. The molecule has 1 aromatic rings. The highest BCUT2D eigenvalue weighted by Crippen LogP contribution is 2.23. The number of benzene rings is 1. The predicted molar refractivity (Wildman–Crippen MR) is 85.2 cm³/mol. The third-order valence-electron chi connectivity index (χ3n) is 3.05. The number of methoxy groups -OCH3 is 1. The normalized spacial score (nSPS) is 12.2. The second-order valence-corrected chi connectivity index (χ2v) is 7.72. The first-order chi connectivity index (χ1) is 10.2. The van der Waals surface area contributed by atoms with Gasteiger partial charge in [0, 0.05) is 20.2 Å². The van der Waals surface area contributed by atoms with Crippen molar-refractivity contribution < 1.29 is 17.9 Å². The first-order valence-corrected chi connectivity index (χ1v) is 8.51. The Morgan fingerprint density at radius 2 is 1.73 bits per heavy atom. The van der Waals surface area contributed by atoms with Gasteiger partial charge in [-0.3, -0.25) is 4.79 Å². The minimum absolute atomic E-state index is 0.0264. The van der Waals surface area contributed by atoms with Gasteiger partial charge in [-0.05, 0) is 23.1 Å². The van der Waals surface area contributed by atoms with Crippen molar-refractivity contribution in [3.63, 3.8) is 0 Å². The quantitative estimate of drug-likeness (QED) is 0.732. The summed E-state index contributed by atoms with van der Waals surface area (Å²) in [5.41, 5.74) is 1.04. The van der Waals surface area contributed by atoms with Crippen LogP contribution >= 0.6 is 0 Å². The molecule has 0 aromatic heterocycles. The van der Waals surface area contributed by atoms with Gasteiger partial charge in [-0.1, -0.05) is 32.9 Å². The topological polar surface area (TPSA) is 84.5 Å². The Labute approximate surface area is 132 Å². The van der Waals surface area contributed by atoms with E-state index in [1.165, 1.54) is 7.11 Å². The number of ether oxygens (including phenoxy) is 1. The second-order valence-electron chi connectivity index (χ2n) is 5.96. The van der Waals surface area contributed by atoms with Gasteiger partial charge in [-0.2, -0.15) is 0 Å². The molecule has 1 aromatic carbocycles. The van der Waals surface area contributed by atoms with E-state index in [0.717, 1.165) is 5.56 Å². The van der Waals surface area contributed by atoms with Crippen LogP contribution in [-0.4, -0.2) is 41.1 Å². The van der Waals surface area contributed by atoms with Crippen LogP contribution < -0.4 is 10.0 Å². The summed E-state index contributed by atoms with van der Waals surface area (Å²) in [7, 11) is -2.15. The minimum atomic E-state index is -3.57. The maximum Gasteiger partial charge on any atom is 0.246 e. The molecule has 2 N–H and O–H groups in total. The Kier molecular flexibility index (Phi) is 6.52. The van der Waals surface area contributed by atoms with Crippen molar-refractivity contribution in [2.24, 2.45) is 0 Å². The van der Waals surface area contributed by atoms with Crippen LogP contribution in [0.2, 0.25) is 0 Å². The van der Waals surface area contributed by atoms with E-state index in [4.69, 9.17) is 0 Å². The van der Waals surface area contributed by atoms with E-state index in [1.807, 2.05) is 12.1 Å². The van der Waals surface area contributed by atoms with Gasteiger partial charge in [0.05, 0.1) is 4.90 Å². The summed E-state index contributed by atoms with van der Waals surface area (Å²) in [6, 6.07) is 6.81. The lowest BCUT2D eigenvalue weighted by atomic mass is 9.87. The SMILES string of the molecule is COCC(=O)NCCNS(=O)(=O)c1ccc(C(C)(C)C)cc1. The minimum Gasteiger partial charge on any atom is -0.375 e. The monoisotopic (exact) mass is 328 g/mol. The van der Waals surface area contributed by atoms with Gasteiger partial charge in [0.15, 0.2) is 0 Å². The van der Waals surface area contributed by atoms with Gasteiger partial charge >= 0.3 is 0 Å². The molecule has 22 heavy (non-hydrogen) atoms. The van der Waals surface area contributed by atoms with Crippen LogP contribution in [0.4, 0.5) is 0 Å². The Hall–Kier alpha value is -1.44. The molecule has 0 aliphatic rings. The molecule has 0 saturated heterocycles. The van der Waals surface area contributed by atoms with Crippen LogP contribution in [0.1, 0.15) is 26.3 Å². The first kappa shape index (κ1) is 18.6. The zero-order valence-corrected chi connectivity index (χ0v) is 14.3. The zero-order valence-electron chi connectivity index (χ0n) is 13.5. The van der Waals surface area contributed by atoms with Gasteiger partial charge < -0.3 is 10.1 Å². The van der Waals surface area contributed by atoms with E-state index in [2.05, 4.69) is 35.5 Å². The molecule has 0 aliphatic carbocycles. The summed E-state index contributed by atoms with van der Waals surface area (Å²) in [5.74, 6) is -0.281. The summed E-state index contributed by atoms with van der Waals surface area (Å²) >= 11 is 0. The average Bonchev–Trinajstić information content (AvgIpc) is 2.43. The Balaban J connectivity index is 2.58. The number of sulfonamides is 1. The van der Waals surface area contributed by atoms with Gasteiger partial charge in [0.1, 0.15) is 6.61 Å². The van der Waals surface area contributed by atoms with Crippen LogP contribution in [0.15, 0.2) is 29.2 Å².